The molecule has 0 unspecified atom stereocenters. The van der Waals surface area contributed by atoms with Crippen LogP contribution in [0.15, 0.2) is 23.3 Å². The number of benzene rings is 1. The molecule has 2 amide bonds. The number of amides is 2. The maximum absolute atomic E-state index is 11.8. The molecule has 1 aliphatic rings. The highest BCUT2D eigenvalue weighted by atomic mass is 16.4. The maximum Gasteiger partial charge on any atom is 0.339 e. The standard InChI is InChI=1S/C12H11N3O5/c16-9-3-1-6(5-7(9)12(19)20)13-11(18)8-2-4-10(17)15-14-8/h1,3,5,16H,2,4H2,(H,13,18)(H,15,17)(H,19,20). The normalized spacial score (nSPS) is 14.2. The van der Waals surface area contributed by atoms with E-state index >= 15 is 0 Å². The summed E-state index contributed by atoms with van der Waals surface area (Å²) in [6.45, 7) is 0. The van der Waals surface area contributed by atoms with Gasteiger partial charge in [0.15, 0.2) is 0 Å². The van der Waals surface area contributed by atoms with E-state index in [0.29, 0.717) is 0 Å². The van der Waals surface area contributed by atoms with Crippen molar-refractivity contribution >= 4 is 29.2 Å². The van der Waals surface area contributed by atoms with Gasteiger partial charge >= 0.3 is 5.97 Å². The fourth-order valence-electron chi connectivity index (χ4n) is 1.63. The van der Waals surface area contributed by atoms with Crippen molar-refractivity contribution in [3.05, 3.63) is 23.8 Å². The number of aromatic hydroxyl groups is 1. The largest absolute Gasteiger partial charge is 0.507 e. The second-order valence-corrected chi connectivity index (χ2v) is 4.08. The Hall–Kier alpha value is -2.90. The number of carboxylic acids is 1. The second-order valence-electron chi connectivity index (χ2n) is 4.08. The topological polar surface area (TPSA) is 128 Å². The summed E-state index contributed by atoms with van der Waals surface area (Å²) >= 11 is 0. The quantitative estimate of drug-likeness (QED) is 0.590. The first-order valence-electron chi connectivity index (χ1n) is 5.70. The molecule has 0 saturated carbocycles. The maximum atomic E-state index is 11.8. The highest BCUT2D eigenvalue weighted by Crippen LogP contribution is 2.21. The molecule has 0 radical (unpaired) electrons. The van der Waals surface area contributed by atoms with E-state index in [1.165, 1.54) is 12.1 Å². The van der Waals surface area contributed by atoms with E-state index in [1.807, 2.05) is 0 Å². The van der Waals surface area contributed by atoms with Crippen LogP contribution < -0.4 is 10.7 Å². The zero-order valence-corrected chi connectivity index (χ0v) is 10.2. The van der Waals surface area contributed by atoms with Crippen molar-refractivity contribution in [3.63, 3.8) is 0 Å². The van der Waals surface area contributed by atoms with Gasteiger partial charge in [0.2, 0.25) is 5.91 Å². The van der Waals surface area contributed by atoms with E-state index in [4.69, 9.17) is 5.11 Å². The molecule has 20 heavy (non-hydrogen) atoms. The van der Waals surface area contributed by atoms with Crippen molar-refractivity contribution in [3.8, 4) is 5.75 Å². The van der Waals surface area contributed by atoms with Crippen molar-refractivity contribution < 1.29 is 24.6 Å². The van der Waals surface area contributed by atoms with Gasteiger partial charge in [-0.05, 0) is 18.2 Å². The highest BCUT2D eigenvalue weighted by molar-refractivity contribution is 6.43. The Balaban J connectivity index is 2.14. The van der Waals surface area contributed by atoms with Crippen LogP contribution in [0.25, 0.3) is 0 Å². The number of anilines is 1. The predicted molar refractivity (Wildman–Crippen MR) is 68.5 cm³/mol. The van der Waals surface area contributed by atoms with Crippen LogP contribution in [0.1, 0.15) is 23.2 Å². The third-order valence-electron chi connectivity index (χ3n) is 2.65. The average Bonchev–Trinajstić information content (AvgIpc) is 2.41. The minimum atomic E-state index is -1.30. The summed E-state index contributed by atoms with van der Waals surface area (Å²) in [6.07, 6.45) is 0.379. The molecule has 0 bridgehead atoms. The van der Waals surface area contributed by atoms with Gasteiger partial charge in [-0.1, -0.05) is 0 Å². The lowest BCUT2D eigenvalue weighted by Gasteiger charge is -2.12. The molecule has 8 heteroatoms. The first kappa shape index (κ1) is 13.5. The number of rotatable bonds is 3. The number of hydrogen-bond acceptors (Lipinski definition) is 5. The van der Waals surface area contributed by atoms with Crippen LogP contribution >= 0.6 is 0 Å². The number of hydrogen-bond donors (Lipinski definition) is 4. The van der Waals surface area contributed by atoms with Gasteiger partial charge in [-0.2, -0.15) is 5.10 Å². The van der Waals surface area contributed by atoms with E-state index in [1.54, 1.807) is 0 Å². The second kappa shape index (κ2) is 5.39. The van der Waals surface area contributed by atoms with Gasteiger partial charge in [-0.25, -0.2) is 10.2 Å². The van der Waals surface area contributed by atoms with Crippen molar-refractivity contribution in [1.82, 2.24) is 5.43 Å². The van der Waals surface area contributed by atoms with Gasteiger partial charge in [0.25, 0.3) is 5.91 Å². The molecule has 104 valence electrons. The Kier molecular flexibility index (Phi) is 3.65. The lowest BCUT2D eigenvalue weighted by atomic mass is 10.1. The van der Waals surface area contributed by atoms with Gasteiger partial charge in [-0.15, -0.1) is 0 Å². The minimum absolute atomic E-state index is 0.148. The minimum Gasteiger partial charge on any atom is -0.507 e. The third-order valence-corrected chi connectivity index (χ3v) is 2.65. The fraction of sp³-hybridized carbons (Fsp3) is 0.167. The van der Waals surface area contributed by atoms with Gasteiger partial charge < -0.3 is 15.5 Å². The van der Waals surface area contributed by atoms with Crippen LogP contribution in [0.2, 0.25) is 0 Å². The highest BCUT2D eigenvalue weighted by Gasteiger charge is 2.19. The lowest BCUT2D eigenvalue weighted by molar-refractivity contribution is -0.121. The predicted octanol–water partition coefficient (Wildman–Crippen LogP) is 0.295. The van der Waals surface area contributed by atoms with E-state index in [2.05, 4.69) is 15.8 Å². The van der Waals surface area contributed by atoms with Crippen LogP contribution in [0.3, 0.4) is 0 Å². The number of nitrogens with zero attached hydrogens (tertiary/aromatic N) is 1. The van der Waals surface area contributed by atoms with E-state index in [9.17, 15) is 19.5 Å². The van der Waals surface area contributed by atoms with Crippen molar-refractivity contribution in [2.24, 2.45) is 5.10 Å². The van der Waals surface area contributed by atoms with E-state index in [-0.39, 0.29) is 35.7 Å². The van der Waals surface area contributed by atoms with Gasteiger partial charge in [0, 0.05) is 18.5 Å². The van der Waals surface area contributed by atoms with E-state index in [0.717, 1.165) is 6.07 Å². The first-order chi connectivity index (χ1) is 9.47. The molecule has 1 aliphatic heterocycles. The van der Waals surface area contributed by atoms with Crippen LogP contribution in [0.4, 0.5) is 5.69 Å². The number of hydrazone groups is 1. The summed E-state index contributed by atoms with van der Waals surface area (Å²) in [7, 11) is 0. The number of nitrogens with one attached hydrogen (secondary N) is 2. The van der Waals surface area contributed by atoms with Crippen molar-refractivity contribution in [2.75, 3.05) is 5.32 Å². The molecule has 0 atom stereocenters. The summed E-state index contributed by atoms with van der Waals surface area (Å²) in [5, 5.41) is 24.3. The fourth-order valence-corrected chi connectivity index (χ4v) is 1.63. The number of carbonyl (C=O) groups excluding carboxylic acids is 2. The molecule has 0 aromatic heterocycles. The lowest BCUT2D eigenvalue weighted by Crippen LogP contribution is -2.32. The Bertz CT molecular complexity index is 624. The average molecular weight is 277 g/mol. The number of carbonyl (C=O) groups is 3. The van der Waals surface area contributed by atoms with Crippen LogP contribution in [0.5, 0.6) is 5.75 Å². The van der Waals surface area contributed by atoms with Crippen LogP contribution in [0, 0.1) is 0 Å². The number of carboxylic acid groups (broad SMARTS) is 1. The Morgan fingerprint density at radius 3 is 2.65 bits per heavy atom. The molecule has 1 aromatic carbocycles. The van der Waals surface area contributed by atoms with Gasteiger partial charge in [0.1, 0.15) is 17.0 Å². The molecule has 4 N–H and O–H groups in total. The molecule has 0 spiro atoms. The molecule has 0 aliphatic carbocycles. The molecule has 1 heterocycles. The zero-order chi connectivity index (χ0) is 14.7. The van der Waals surface area contributed by atoms with Crippen LogP contribution in [-0.2, 0) is 9.59 Å². The summed E-state index contributed by atoms with van der Waals surface area (Å²) in [4.78, 5) is 33.6. The molecule has 8 nitrogen and oxygen atoms in total. The summed E-state index contributed by atoms with van der Waals surface area (Å²) in [5.41, 5.74) is 2.23. The Labute approximate surface area is 113 Å². The monoisotopic (exact) mass is 277 g/mol. The van der Waals surface area contributed by atoms with Crippen LogP contribution in [-0.4, -0.2) is 33.7 Å². The summed E-state index contributed by atoms with van der Waals surface area (Å²) in [5.74, 6) is -2.50. The summed E-state index contributed by atoms with van der Waals surface area (Å²) < 4.78 is 0. The third kappa shape index (κ3) is 2.91. The number of phenols is 1. The molecule has 1 aromatic rings. The molecule has 2 rings (SSSR count). The van der Waals surface area contributed by atoms with Crippen molar-refractivity contribution in [2.45, 2.75) is 12.8 Å². The van der Waals surface area contributed by atoms with Gasteiger partial charge in [-0.3, -0.25) is 9.59 Å². The van der Waals surface area contributed by atoms with E-state index < -0.39 is 17.6 Å². The zero-order valence-electron chi connectivity index (χ0n) is 10.2. The smallest absolute Gasteiger partial charge is 0.339 e. The first-order valence-corrected chi connectivity index (χ1v) is 5.70. The molecule has 0 fully saturated rings. The number of aromatic carboxylic acids is 1. The van der Waals surface area contributed by atoms with Crippen molar-refractivity contribution in [1.29, 1.82) is 0 Å². The Morgan fingerprint density at radius 2 is 2.05 bits per heavy atom. The molecule has 0 saturated heterocycles. The summed E-state index contributed by atoms with van der Waals surface area (Å²) in [6, 6.07) is 3.67. The molecular formula is C12H11N3O5. The SMILES string of the molecule is O=C1CCC(C(=O)Nc2ccc(O)c(C(=O)O)c2)=NN1. The Morgan fingerprint density at radius 1 is 1.30 bits per heavy atom. The molecular weight excluding hydrogens is 266 g/mol. The van der Waals surface area contributed by atoms with Gasteiger partial charge in [0.05, 0.1) is 0 Å².